The Hall–Kier alpha value is -1.36. The first-order valence-electron chi connectivity index (χ1n) is 6.35. The number of sulfone groups is 1. The molecule has 1 aromatic rings. The van der Waals surface area contributed by atoms with Crippen molar-refractivity contribution in [3.05, 3.63) is 35.4 Å². The number of aryl methyl sites for hydroxylation is 1. The highest BCUT2D eigenvalue weighted by atomic mass is 32.2. The third-order valence-electron chi connectivity index (χ3n) is 3.43. The molecule has 1 fully saturated rings. The van der Waals surface area contributed by atoms with E-state index in [4.69, 9.17) is 0 Å². The maximum atomic E-state index is 12.0. The molecule has 0 saturated carbocycles. The van der Waals surface area contributed by atoms with Gasteiger partial charge in [-0.25, -0.2) is 8.42 Å². The topological polar surface area (TPSA) is 63.2 Å². The van der Waals surface area contributed by atoms with Crippen LogP contribution in [0.3, 0.4) is 0 Å². The highest BCUT2D eigenvalue weighted by Gasteiger charge is 2.39. The van der Waals surface area contributed by atoms with Crippen molar-refractivity contribution in [1.82, 2.24) is 5.32 Å². The van der Waals surface area contributed by atoms with Gasteiger partial charge in [0.15, 0.2) is 9.84 Å². The second-order valence-electron chi connectivity index (χ2n) is 5.61. The van der Waals surface area contributed by atoms with E-state index in [1.807, 2.05) is 31.2 Å². The Morgan fingerprint density at radius 2 is 1.95 bits per heavy atom. The number of hydrogen-bond acceptors (Lipinski definition) is 3. The van der Waals surface area contributed by atoms with Gasteiger partial charge in [0.2, 0.25) is 5.91 Å². The van der Waals surface area contributed by atoms with Gasteiger partial charge in [0.05, 0.1) is 23.5 Å². The summed E-state index contributed by atoms with van der Waals surface area (Å²) in [7, 11) is -2.99. The van der Waals surface area contributed by atoms with Crippen LogP contribution in [0.25, 0.3) is 0 Å². The largest absolute Gasteiger partial charge is 0.350 e. The van der Waals surface area contributed by atoms with E-state index in [2.05, 4.69) is 5.32 Å². The third kappa shape index (κ3) is 3.80. The first-order valence-corrected chi connectivity index (χ1v) is 8.17. The lowest BCUT2D eigenvalue weighted by atomic mass is 10.0. The van der Waals surface area contributed by atoms with Gasteiger partial charge in [-0.2, -0.15) is 0 Å². The highest BCUT2D eigenvalue weighted by Crippen LogP contribution is 2.22. The molecule has 104 valence electrons. The molecule has 1 atom stereocenters. The van der Waals surface area contributed by atoms with Gasteiger partial charge in [-0.05, 0) is 25.8 Å². The smallest absolute Gasteiger partial charge is 0.224 e. The van der Waals surface area contributed by atoms with E-state index in [0.29, 0.717) is 6.42 Å². The Morgan fingerprint density at radius 3 is 2.47 bits per heavy atom. The first-order chi connectivity index (χ1) is 8.78. The summed E-state index contributed by atoms with van der Waals surface area (Å²) in [5, 5.41) is 2.86. The Morgan fingerprint density at radius 1 is 1.32 bits per heavy atom. The molecular formula is C14H19NO3S. The van der Waals surface area contributed by atoms with Crippen molar-refractivity contribution < 1.29 is 13.2 Å². The van der Waals surface area contributed by atoms with Crippen LogP contribution in [0, 0.1) is 6.92 Å². The van der Waals surface area contributed by atoms with Crippen molar-refractivity contribution >= 4 is 15.7 Å². The molecule has 0 radical (unpaired) electrons. The predicted molar refractivity (Wildman–Crippen MR) is 74.7 cm³/mol. The Labute approximate surface area is 114 Å². The predicted octanol–water partition coefficient (Wildman–Crippen LogP) is 1.23. The number of amides is 1. The van der Waals surface area contributed by atoms with Gasteiger partial charge in [0.1, 0.15) is 0 Å². The van der Waals surface area contributed by atoms with Gasteiger partial charge >= 0.3 is 0 Å². The number of carbonyl (C=O) groups is 1. The van der Waals surface area contributed by atoms with E-state index in [-0.39, 0.29) is 23.8 Å². The SMILES string of the molecule is Cc1ccc(CC(=O)NC2(C)CCS(=O)(=O)C2)cc1. The summed E-state index contributed by atoms with van der Waals surface area (Å²) in [6, 6.07) is 7.76. The molecule has 1 saturated heterocycles. The molecule has 19 heavy (non-hydrogen) atoms. The molecule has 1 heterocycles. The lowest BCUT2D eigenvalue weighted by Crippen LogP contribution is -2.47. The fourth-order valence-electron chi connectivity index (χ4n) is 2.38. The number of benzene rings is 1. The summed E-state index contributed by atoms with van der Waals surface area (Å²) < 4.78 is 22.9. The minimum atomic E-state index is -2.99. The van der Waals surface area contributed by atoms with Gasteiger partial charge in [-0.3, -0.25) is 4.79 Å². The summed E-state index contributed by atoms with van der Waals surface area (Å²) in [6.45, 7) is 3.79. The number of carbonyl (C=O) groups excluding carboxylic acids is 1. The van der Waals surface area contributed by atoms with Crippen LogP contribution in [0.2, 0.25) is 0 Å². The summed E-state index contributed by atoms with van der Waals surface area (Å²) in [5.74, 6) is 0.0805. The lowest BCUT2D eigenvalue weighted by molar-refractivity contribution is -0.121. The van der Waals surface area contributed by atoms with Crippen molar-refractivity contribution in [2.75, 3.05) is 11.5 Å². The van der Waals surface area contributed by atoms with Gasteiger partial charge in [0, 0.05) is 0 Å². The molecule has 0 aromatic heterocycles. The molecule has 1 amide bonds. The first kappa shape index (κ1) is 14.1. The monoisotopic (exact) mass is 281 g/mol. The molecular weight excluding hydrogens is 262 g/mol. The summed E-state index contributed by atoms with van der Waals surface area (Å²) in [5.41, 5.74) is 1.48. The van der Waals surface area contributed by atoms with Crippen LogP contribution in [-0.4, -0.2) is 31.4 Å². The second-order valence-corrected chi connectivity index (χ2v) is 7.80. The normalized spacial score (nSPS) is 25.2. The van der Waals surface area contributed by atoms with Gasteiger partial charge in [0.25, 0.3) is 0 Å². The van der Waals surface area contributed by atoms with Gasteiger partial charge in [-0.1, -0.05) is 29.8 Å². The van der Waals surface area contributed by atoms with E-state index in [1.54, 1.807) is 6.92 Å². The van der Waals surface area contributed by atoms with Crippen molar-refractivity contribution in [3.8, 4) is 0 Å². The molecule has 1 aromatic carbocycles. The Kier molecular flexibility index (Phi) is 3.67. The Bertz CT molecular complexity index is 577. The fourth-order valence-corrected chi connectivity index (χ4v) is 4.47. The van der Waals surface area contributed by atoms with Crippen LogP contribution in [0.15, 0.2) is 24.3 Å². The zero-order valence-electron chi connectivity index (χ0n) is 11.3. The number of hydrogen-bond donors (Lipinski definition) is 1. The van der Waals surface area contributed by atoms with E-state index in [9.17, 15) is 13.2 Å². The molecule has 0 bridgehead atoms. The summed E-state index contributed by atoms with van der Waals surface area (Å²) in [4.78, 5) is 12.0. The van der Waals surface area contributed by atoms with Crippen LogP contribution in [0.1, 0.15) is 24.5 Å². The average molecular weight is 281 g/mol. The second kappa shape index (κ2) is 4.96. The molecule has 1 N–H and O–H groups in total. The van der Waals surface area contributed by atoms with Crippen LogP contribution in [0.4, 0.5) is 0 Å². The standard InChI is InChI=1S/C14H19NO3S/c1-11-3-5-12(6-4-11)9-13(16)15-14(2)7-8-19(17,18)10-14/h3-6H,7-10H2,1-2H3,(H,15,16). The van der Waals surface area contributed by atoms with Crippen LogP contribution >= 0.6 is 0 Å². The van der Waals surface area contributed by atoms with Gasteiger partial charge in [-0.15, -0.1) is 0 Å². The number of nitrogens with one attached hydrogen (secondary N) is 1. The quantitative estimate of drug-likeness (QED) is 0.906. The van der Waals surface area contributed by atoms with E-state index in [0.717, 1.165) is 11.1 Å². The summed E-state index contributed by atoms with van der Waals surface area (Å²) >= 11 is 0. The molecule has 1 aliphatic heterocycles. The molecule has 1 aliphatic rings. The zero-order valence-corrected chi connectivity index (χ0v) is 12.1. The van der Waals surface area contributed by atoms with E-state index >= 15 is 0 Å². The minimum Gasteiger partial charge on any atom is -0.350 e. The molecule has 5 heteroatoms. The third-order valence-corrected chi connectivity index (χ3v) is 5.33. The average Bonchev–Trinajstić information content (AvgIpc) is 2.56. The highest BCUT2D eigenvalue weighted by molar-refractivity contribution is 7.91. The van der Waals surface area contributed by atoms with E-state index < -0.39 is 15.4 Å². The van der Waals surface area contributed by atoms with Crippen molar-refractivity contribution in [2.24, 2.45) is 0 Å². The maximum Gasteiger partial charge on any atom is 0.224 e. The maximum absolute atomic E-state index is 12.0. The van der Waals surface area contributed by atoms with Gasteiger partial charge < -0.3 is 5.32 Å². The number of rotatable bonds is 3. The van der Waals surface area contributed by atoms with Crippen molar-refractivity contribution in [3.63, 3.8) is 0 Å². The van der Waals surface area contributed by atoms with Crippen molar-refractivity contribution in [2.45, 2.75) is 32.2 Å². The molecule has 2 rings (SSSR count). The van der Waals surface area contributed by atoms with E-state index in [1.165, 1.54) is 0 Å². The van der Waals surface area contributed by atoms with Crippen LogP contribution in [-0.2, 0) is 21.1 Å². The van der Waals surface area contributed by atoms with Crippen molar-refractivity contribution in [1.29, 1.82) is 0 Å². The molecule has 4 nitrogen and oxygen atoms in total. The molecule has 0 aliphatic carbocycles. The fraction of sp³-hybridized carbons (Fsp3) is 0.500. The van der Waals surface area contributed by atoms with Crippen LogP contribution in [0.5, 0.6) is 0 Å². The molecule has 1 unspecified atom stereocenters. The molecule has 0 spiro atoms. The van der Waals surface area contributed by atoms with Crippen LogP contribution < -0.4 is 5.32 Å². The lowest BCUT2D eigenvalue weighted by Gasteiger charge is -2.23. The Balaban J connectivity index is 1.97. The zero-order chi connectivity index (χ0) is 14.1. The summed E-state index contributed by atoms with van der Waals surface area (Å²) in [6.07, 6.45) is 0.783. The minimum absolute atomic E-state index is 0.0413.